The summed E-state index contributed by atoms with van der Waals surface area (Å²) >= 11 is 0. The van der Waals surface area contributed by atoms with E-state index < -0.39 is 28.3 Å². The Labute approximate surface area is 134 Å². The van der Waals surface area contributed by atoms with Crippen molar-refractivity contribution in [3.63, 3.8) is 0 Å². The van der Waals surface area contributed by atoms with Gasteiger partial charge in [-0.25, -0.2) is 8.42 Å². The van der Waals surface area contributed by atoms with Crippen LogP contribution in [0.2, 0.25) is 0 Å². The van der Waals surface area contributed by atoms with Crippen LogP contribution >= 0.6 is 0 Å². The molecule has 0 aromatic heterocycles. The highest BCUT2D eigenvalue weighted by molar-refractivity contribution is 7.91. The van der Waals surface area contributed by atoms with E-state index in [1.807, 2.05) is 0 Å². The molecule has 1 aliphatic rings. The summed E-state index contributed by atoms with van der Waals surface area (Å²) in [7, 11) is -1.53. The van der Waals surface area contributed by atoms with Gasteiger partial charge in [-0.1, -0.05) is 12.1 Å². The molecule has 0 aliphatic carbocycles. The molecule has 1 amide bonds. The molecule has 126 valence electrons. The monoisotopic (exact) mass is 341 g/mol. The lowest BCUT2D eigenvalue weighted by molar-refractivity contribution is -0.148. The van der Waals surface area contributed by atoms with Gasteiger partial charge in [-0.05, 0) is 24.5 Å². The molecule has 7 nitrogen and oxygen atoms in total. The van der Waals surface area contributed by atoms with Crippen LogP contribution in [0.15, 0.2) is 24.3 Å². The Hall–Kier alpha value is -2.09. The van der Waals surface area contributed by atoms with Crippen LogP contribution in [0, 0.1) is 5.92 Å². The Balaban J connectivity index is 1.77. The maximum Gasteiger partial charge on any atom is 0.306 e. The lowest BCUT2D eigenvalue weighted by Crippen LogP contribution is -2.22. The summed E-state index contributed by atoms with van der Waals surface area (Å²) in [6.45, 7) is -0.420. The lowest BCUT2D eigenvalue weighted by Gasteiger charge is -2.11. The van der Waals surface area contributed by atoms with Gasteiger partial charge in [-0.2, -0.15) is 0 Å². The molecule has 1 saturated heterocycles. The number of nitrogens with one attached hydrogen (secondary N) is 1. The highest BCUT2D eigenvalue weighted by Gasteiger charge is 2.30. The molecule has 8 heteroatoms. The summed E-state index contributed by atoms with van der Waals surface area (Å²) in [6, 6.07) is 6.87. The van der Waals surface area contributed by atoms with E-state index in [1.165, 1.54) is 7.11 Å². The van der Waals surface area contributed by atoms with E-state index in [9.17, 15) is 18.0 Å². The molecule has 1 aromatic carbocycles. The number of anilines is 1. The Kier molecular flexibility index (Phi) is 5.59. The van der Waals surface area contributed by atoms with Gasteiger partial charge < -0.3 is 14.8 Å². The van der Waals surface area contributed by atoms with Crippen LogP contribution < -0.4 is 10.1 Å². The molecular formula is C15H19NO6S. The zero-order chi connectivity index (χ0) is 16.9. The summed E-state index contributed by atoms with van der Waals surface area (Å²) in [5, 5.41) is 2.59. The Morgan fingerprint density at radius 1 is 1.30 bits per heavy atom. The van der Waals surface area contributed by atoms with Crippen molar-refractivity contribution in [3.05, 3.63) is 24.3 Å². The molecule has 1 heterocycles. The Morgan fingerprint density at radius 3 is 2.70 bits per heavy atom. The lowest BCUT2D eigenvalue weighted by atomic mass is 10.1. The van der Waals surface area contributed by atoms with Crippen LogP contribution in [0.4, 0.5) is 5.69 Å². The summed E-state index contributed by atoms with van der Waals surface area (Å²) in [5.41, 5.74) is 0.484. The Bertz CT molecular complexity index is 685. The largest absolute Gasteiger partial charge is 0.495 e. The minimum Gasteiger partial charge on any atom is -0.495 e. The van der Waals surface area contributed by atoms with E-state index in [4.69, 9.17) is 9.47 Å². The number of hydrogen-bond acceptors (Lipinski definition) is 6. The van der Waals surface area contributed by atoms with Crippen molar-refractivity contribution in [1.29, 1.82) is 0 Å². The van der Waals surface area contributed by atoms with Crippen molar-refractivity contribution in [3.8, 4) is 5.75 Å². The number of methoxy groups -OCH3 is 1. The van der Waals surface area contributed by atoms with E-state index in [-0.39, 0.29) is 23.8 Å². The number of amides is 1. The third-order valence-electron chi connectivity index (χ3n) is 3.53. The van der Waals surface area contributed by atoms with E-state index in [1.54, 1.807) is 24.3 Å². The van der Waals surface area contributed by atoms with Crippen LogP contribution in [-0.2, 0) is 24.2 Å². The molecule has 0 unspecified atom stereocenters. The third kappa shape index (κ3) is 5.24. The minimum atomic E-state index is -3.02. The van der Waals surface area contributed by atoms with Gasteiger partial charge in [-0.15, -0.1) is 0 Å². The highest BCUT2D eigenvalue weighted by Crippen LogP contribution is 2.23. The topological polar surface area (TPSA) is 98.8 Å². The summed E-state index contributed by atoms with van der Waals surface area (Å²) in [4.78, 5) is 23.5. The number of para-hydroxylation sites is 2. The van der Waals surface area contributed by atoms with Gasteiger partial charge >= 0.3 is 5.97 Å². The fourth-order valence-corrected chi connectivity index (χ4v) is 4.27. The van der Waals surface area contributed by atoms with Crippen molar-refractivity contribution in [2.75, 3.05) is 30.5 Å². The van der Waals surface area contributed by atoms with Crippen LogP contribution in [0.5, 0.6) is 5.75 Å². The normalized spacial score (nSPS) is 19.1. The molecule has 0 spiro atoms. The van der Waals surface area contributed by atoms with E-state index in [0.717, 1.165) is 0 Å². The predicted octanol–water partition coefficient (Wildman–Crippen LogP) is 1.00. The summed E-state index contributed by atoms with van der Waals surface area (Å²) < 4.78 is 32.6. The first-order valence-electron chi connectivity index (χ1n) is 7.18. The SMILES string of the molecule is COc1ccccc1NC(=O)COC(=O)C[C@H]1CCS(=O)(=O)C1. The number of sulfone groups is 1. The van der Waals surface area contributed by atoms with Gasteiger partial charge in [0.05, 0.1) is 24.3 Å². The zero-order valence-electron chi connectivity index (χ0n) is 12.8. The molecule has 1 N–H and O–H groups in total. The average Bonchev–Trinajstić information content (AvgIpc) is 2.84. The van der Waals surface area contributed by atoms with E-state index >= 15 is 0 Å². The zero-order valence-corrected chi connectivity index (χ0v) is 13.6. The summed E-state index contributed by atoms with van der Waals surface area (Å²) in [5.74, 6) is -0.647. The molecular weight excluding hydrogens is 322 g/mol. The smallest absolute Gasteiger partial charge is 0.306 e. The van der Waals surface area contributed by atoms with Crippen molar-refractivity contribution >= 4 is 27.4 Å². The summed E-state index contributed by atoms with van der Waals surface area (Å²) in [6.07, 6.45) is 0.478. The molecule has 1 aliphatic heterocycles. The second kappa shape index (κ2) is 7.45. The van der Waals surface area contributed by atoms with Crippen molar-refractivity contribution < 1.29 is 27.5 Å². The number of benzene rings is 1. The molecule has 2 rings (SSSR count). The quantitative estimate of drug-likeness (QED) is 0.775. The number of ether oxygens (including phenoxy) is 2. The van der Waals surface area contributed by atoms with Gasteiger partial charge in [0, 0.05) is 6.42 Å². The average molecular weight is 341 g/mol. The fourth-order valence-electron chi connectivity index (χ4n) is 2.41. The standard InChI is InChI=1S/C15H19NO6S/c1-21-13-5-3-2-4-12(13)16-14(17)9-22-15(18)8-11-6-7-23(19,20)10-11/h2-5,11H,6-10H2,1H3,(H,16,17)/t11-/m1/s1. The second-order valence-electron chi connectivity index (χ2n) is 5.38. The van der Waals surface area contributed by atoms with Crippen LogP contribution in [0.3, 0.4) is 0 Å². The number of carbonyl (C=O) groups is 2. The fraction of sp³-hybridized carbons (Fsp3) is 0.467. The van der Waals surface area contributed by atoms with Crippen molar-refractivity contribution in [2.24, 2.45) is 5.92 Å². The number of carbonyl (C=O) groups excluding carboxylic acids is 2. The first kappa shape index (κ1) is 17.3. The highest BCUT2D eigenvalue weighted by atomic mass is 32.2. The number of rotatable bonds is 6. The molecule has 23 heavy (non-hydrogen) atoms. The van der Waals surface area contributed by atoms with Gasteiger partial charge in [0.15, 0.2) is 16.4 Å². The van der Waals surface area contributed by atoms with Crippen LogP contribution in [0.1, 0.15) is 12.8 Å². The van der Waals surface area contributed by atoms with Gasteiger partial charge in [-0.3, -0.25) is 9.59 Å². The van der Waals surface area contributed by atoms with Crippen LogP contribution in [-0.4, -0.2) is 45.5 Å². The third-order valence-corrected chi connectivity index (χ3v) is 5.36. The molecule has 0 bridgehead atoms. The van der Waals surface area contributed by atoms with Crippen molar-refractivity contribution in [1.82, 2.24) is 0 Å². The van der Waals surface area contributed by atoms with Crippen LogP contribution in [0.25, 0.3) is 0 Å². The maximum absolute atomic E-state index is 11.8. The Morgan fingerprint density at radius 2 is 2.04 bits per heavy atom. The van der Waals surface area contributed by atoms with Crippen molar-refractivity contribution in [2.45, 2.75) is 12.8 Å². The first-order valence-corrected chi connectivity index (χ1v) is 9.00. The second-order valence-corrected chi connectivity index (χ2v) is 7.61. The maximum atomic E-state index is 11.8. The minimum absolute atomic E-state index is 0.00944. The van der Waals surface area contributed by atoms with Gasteiger partial charge in [0.25, 0.3) is 5.91 Å². The first-order chi connectivity index (χ1) is 10.9. The molecule has 1 fully saturated rings. The predicted molar refractivity (Wildman–Crippen MR) is 84.0 cm³/mol. The molecule has 0 radical (unpaired) electrons. The molecule has 1 atom stereocenters. The number of hydrogen-bond donors (Lipinski definition) is 1. The van der Waals surface area contributed by atoms with E-state index in [0.29, 0.717) is 17.9 Å². The number of esters is 1. The van der Waals surface area contributed by atoms with Gasteiger partial charge in [0.2, 0.25) is 0 Å². The van der Waals surface area contributed by atoms with Gasteiger partial charge in [0.1, 0.15) is 5.75 Å². The van der Waals surface area contributed by atoms with E-state index in [2.05, 4.69) is 5.32 Å². The molecule has 1 aromatic rings. The molecule has 0 saturated carbocycles.